The van der Waals surface area contributed by atoms with Crippen LogP contribution in [-0.2, 0) is 0 Å². The fraction of sp³-hybridized carbons (Fsp3) is 0.125. The van der Waals surface area contributed by atoms with E-state index in [4.69, 9.17) is 4.99 Å². The average Bonchev–Trinajstić information content (AvgIpc) is 2.66. The van der Waals surface area contributed by atoms with E-state index in [0.717, 1.165) is 32.6 Å². The maximum atomic E-state index is 5.16. The van der Waals surface area contributed by atoms with Gasteiger partial charge in [-0.15, -0.1) is 0 Å². The van der Waals surface area contributed by atoms with Gasteiger partial charge < -0.3 is 0 Å². The first kappa shape index (κ1) is 18.3. The molecule has 2 heteroatoms. The van der Waals surface area contributed by atoms with Crippen LogP contribution in [0.15, 0.2) is 88.8 Å². The summed E-state index contributed by atoms with van der Waals surface area (Å²) in [7, 11) is 0. The average molecular weight is 404 g/mol. The second kappa shape index (κ2) is 8.29. The number of benzene rings is 3. The number of para-hydroxylation sites is 1. The van der Waals surface area contributed by atoms with E-state index in [0.29, 0.717) is 5.92 Å². The van der Waals surface area contributed by atoms with Gasteiger partial charge in [-0.3, -0.25) is 0 Å². The summed E-state index contributed by atoms with van der Waals surface area (Å²) >= 11 is 3.58. The molecule has 0 radical (unpaired) electrons. The van der Waals surface area contributed by atoms with Gasteiger partial charge in [-0.05, 0) is 29.2 Å². The SMILES string of the molecule is C=Cc1cccc(C(C)C)c1N=C(c1ccccc1)c1cccc(Br)c1. The Morgan fingerprint density at radius 1 is 0.923 bits per heavy atom. The third kappa shape index (κ3) is 4.03. The normalized spacial score (nSPS) is 11.6. The Hall–Kier alpha value is -2.45. The van der Waals surface area contributed by atoms with Gasteiger partial charge in [0.05, 0.1) is 11.4 Å². The van der Waals surface area contributed by atoms with E-state index in [2.05, 4.69) is 78.8 Å². The Balaban J connectivity index is 2.28. The highest BCUT2D eigenvalue weighted by Crippen LogP contribution is 2.33. The number of aliphatic imine (C=N–C) groups is 1. The summed E-state index contributed by atoms with van der Waals surface area (Å²) in [4.78, 5) is 5.16. The van der Waals surface area contributed by atoms with Crippen molar-refractivity contribution < 1.29 is 0 Å². The van der Waals surface area contributed by atoms with Crippen LogP contribution in [0.1, 0.15) is 42.0 Å². The fourth-order valence-corrected chi connectivity index (χ4v) is 3.38. The first-order valence-corrected chi connectivity index (χ1v) is 9.55. The molecule has 0 aliphatic rings. The minimum absolute atomic E-state index is 0.383. The Labute approximate surface area is 164 Å². The number of rotatable bonds is 5. The zero-order valence-electron chi connectivity index (χ0n) is 15.1. The molecule has 0 saturated carbocycles. The summed E-state index contributed by atoms with van der Waals surface area (Å²) in [6.07, 6.45) is 1.88. The monoisotopic (exact) mass is 403 g/mol. The van der Waals surface area contributed by atoms with Crippen molar-refractivity contribution in [3.8, 4) is 0 Å². The Bertz CT molecular complexity index is 939. The molecule has 1 nitrogen and oxygen atoms in total. The van der Waals surface area contributed by atoms with Crippen LogP contribution >= 0.6 is 15.9 Å². The second-order valence-electron chi connectivity index (χ2n) is 6.48. The molecule has 0 saturated heterocycles. The highest BCUT2D eigenvalue weighted by molar-refractivity contribution is 9.10. The van der Waals surface area contributed by atoms with E-state index < -0.39 is 0 Å². The number of hydrogen-bond acceptors (Lipinski definition) is 1. The Morgan fingerprint density at radius 2 is 1.62 bits per heavy atom. The molecule has 0 bridgehead atoms. The van der Waals surface area contributed by atoms with Crippen LogP contribution in [0.3, 0.4) is 0 Å². The first-order chi connectivity index (χ1) is 12.6. The molecule has 3 rings (SSSR count). The minimum Gasteiger partial charge on any atom is -0.247 e. The van der Waals surface area contributed by atoms with Crippen LogP contribution in [0, 0.1) is 0 Å². The molecule has 0 N–H and O–H groups in total. The summed E-state index contributed by atoms with van der Waals surface area (Å²) in [5.74, 6) is 0.383. The molecular weight excluding hydrogens is 382 g/mol. The Morgan fingerprint density at radius 3 is 2.27 bits per heavy atom. The molecule has 0 fully saturated rings. The van der Waals surface area contributed by atoms with E-state index in [9.17, 15) is 0 Å². The van der Waals surface area contributed by atoms with Crippen LogP contribution in [0.4, 0.5) is 5.69 Å². The minimum atomic E-state index is 0.383. The molecule has 0 unspecified atom stereocenters. The predicted octanol–water partition coefficient (Wildman–Crippen LogP) is 7.38. The van der Waals surface area contributed by atoms with E-state index in [1.165, 1.54) is 5.56 Å². The Kier molecular flexibility index (Phi) is 5.85. The molecule has 0 amide bonds. The van der Waals surface area contributed by atoms with Gasteiger partial charge in [-0.1, -0.05) is 103 Å². The quantitative estimate of drug-likeness (QED) is 0.393. The summed E-state index contributed by atoms with van der Waals surface area (Å²) < 4.78 is 1.04. The van der Waals surface area contributed by atoms with Gasteiger partial charge >= 0.3 is 0 Å². The smallest absolute Gasteiger partial charge is 0.0782 e. The number of halogens is 1. The van der Waals surface area contributed by atoms with Gasteiger partial charge in [0.1, 0.15) is 0 Å². The maximum absolute atomic E-state index is 5.16. The van der Waals surface area contributed by atoms with Gasteiger partial charge in [0.15, 0.2) is 0 Å². The largest absolute Gasteiger partial charge is 0.247 e. The molecule has 3 aromatic carbocycles. The van der Waals surface area contributed by atoms with E-state index in [-0.39, 0.29) is 0 Å². The molecule has 3 aromatic rings. The lowest BCUT2D eigenvalue weighted by molar-refractivity contribution is 0.866. The van der Waals surface area contributed by atoms with Gasteiger partial charge in [0.25, 0.3) is 0 Å². The van der Waals surface area contributed by atoms with Crippen molar-refractivity contribution in [1.29, 1.82) is 0 Å². The molecule has 0 atom stereocenters. The van der Waals surface area contributed by atoms with Crippen LogP contribution in [-0.4, -0.2) is 5.71 Å². The topological polar surface area (TPSA) is 12.4 Å². The van der Waals surface area contributed by atoms with Crippen molar-refractivity contribution in [2.24, 2.45) is 4.99 Å². The summed E-state index contributed by atoms with van der Waals surface area (Å²) in [5, 5.41) is 0. The number of hydrogen-bond donors (Lipinski definition) is 0. The first-order valence-electron chi connectivity index (χ1n) is 8.75. The van der Waals surface area contributed by atoms with Crippen molar-refractivity contribution in [3.05, 3.63) is 106 Å². The van der Waals surface area contributed by atoms with Crippen LogP contribution in [0.2, 0.25) is 0 Å². The summed E-state index contributed by atoms with van der Waals surface area (Å²) in [6.45, 7) is 8.38. The lowest BCUT2D eigenvalue weighted by atomic mass is 9.96. The van der Waals surface area contributed by atoms with Crippen molar-refractivity contribution in [2.75, 3.05) is 0 Å². The molecule has 0 aromatic heterocycles. The fourth-order valence-electron chi connectivity index (χ4n) is 2.98. The highest BCUT2D eigenvalue weighted by atomic mass is 79.9. The number of nitrogens with zero attached hydrogens (tertiary/aromatic N) is 1. The molecule has 0 spiro atoms. The van der Waals surface area contributed by atoms with Crippen molar-refractivity contribution in [1.82, 2.24) is 0 Å². The molecule has 0 aliphatic carbocycles. The lowest BCUT2D eigenvalue weighted by Crippen LogP contribution is -2.04. The summed E-state index contributed by atoms with van der Waals surface area (Å²) in [6, 6.07) is 24.9. The zero-order valence-corrected chi connectivity index (χ0v) is 16.7. The molecule has 26 heavy (non-hydrogen) atoms. The standard InChI is InChI=1S/C24H22BrN/c1-4-18-12-9-15-22(17(2)3)24(18)26-23(19-10-6-5-7-11-19)20-13-8-14-21(25)16-20/h4-17H,1H2,2-3H3. The zero-order chi connectivity index (χ0) is 18.5. The van der Waals surface area contributed by atoms with Crippen LogP contribution in [0.25, 0.3) is 6.08 Å². The molecule has 0 heterocycles. The van der Waals surface area contributed by atoms with Crippen molar-refractivity contribution >= 4 is 33.4 Å². The van der Waals surface area contributed by atoms with E-state index >= 15 is 0 Å². The predicted molar refractivity (Wildman–Crippen MR) is 117 cm³/mol. The summed E-state index contributed by atoms with van der Waals surface area (Å²) in [5.41, 5.74) is 6.42. The van der Waals surface area contributed by atoms with Crippen LogP contribution in [0.5, 0.6) is 0 Å². The van der Waals surface area contributed by atoms with E-state index in [1.54, 1.807) is 0 Å². The van der Waals surface area contributed by atoms with Crippen molar-refractivity contribution in [3.63, 3.8) is 0 Å². The molecule has 130 valence electrons. The van der Waals surface area contributed by atoms with Gasteiger partial charge in [0, 0.05) is 15.6 Å². The highest BCUT2D eigenvalue weighted by Gasteiger charge is 2.13. The van der Waals surface area contributed by atoms with Gasteiger partial charge in [-0.2, -0.15) is 0 Å². The molecular formula is C24H22BrN. The maximum Gasteiger partial charge on any atom is 0.0782 e. The van der Waals surface area contributed by atoms with E-state index in [1.807, 2.05) is 36.4 Å². The van der Waals surface area contributed by atoms with Crippen LogP contribution < -0.4 is 0 Å². The second-order valence-corrected chi connectivity index (χ2v) is 7.40. The van der Waals surface area contributed by atoms with Gasteiger partial charge in [-0.25, -0.2) is 4.99 Å². The molecule has 0 aliphatic heterocycles. The lowest BCUT2D eigenvalue weighted by Gasteiger charge is -2.15. The third-order valence-electron chi connectivity index (χ3n) is 4.31. The van der Waals surface area contributed by atoms with Crippen molar-refractivity contribution in [2.45, 2.75) is 19.8 Å². The third-order valence-corrected chi connectivity index (χ3v) is 4.80. The van der Waals surface area contributed by atoms with Gasteiger partial charge in [0.2, 0.25) is 0 Å².